The van der Waals surface area contributed by atoms with Gasteiger partial charge >= 0.3 is 0 Å². The van der Waals surface area contributed by atoms with Gasteiger partial charge in [0.15, 0.2) is 0 Å². The average Bonchev–Trinajstić information content (AvgIpc) is 2.20. The molecular weight excluding hydrogens is 228 g/mol. The van der Waals surface area contributed by atoms with Crippen molar-refractivity contribution in [1.82, 2.24) is 5.01 Å². The molecule has 0 fully saturated rings. The maximum atomic E-state index is 11.0. The van der Waals surface area contributed by atoms with Gasteiger partial charge in [-0.05, 0) is 6.07 Å². The second-order valence-corrected chi connectivity index (χ2v) is 3.39. The second kappa shape index (κ2) is 5.27. The summed E-state index contributed by atoms with van der Waals surface area (Å²) < 4.78 is 0. The molecule has 1 aromatic rings. The fourth-order valence-electron chi connectivity index (χ4n) is 1.01. The largest absolute Gasteiger partial charge is 0.368 e. The number of hydrogen-bond acceptors (Lipinski definition) is 3. The van der Waals surface area contributed by atoms with E-state index in [2.05, 4.69) is 5.10 Å². The summed E-state index contributed by atoms with van der Waals surface area (Å²) in [7, 11) is 0. The van der Waals surface area contributed by atoms with Crippen LogP contribution >= 0.6 is 11.6 Å². The number of nitrogens with one attached hydrogen (secondary N) is 1. The van der Waals surface area contributed by atoms with E-state index in [4.69, 9.17) is 22.7 Å². The summed E-state index contributed by atoms with van der Waals surface area (Å²) in [5.41, 5.74) is 5.83. The molecule has 0 aliphatic rings. The minimum atomic E-state index is -0.434. The highest BCUT2D eigenvalue weighted by molar-refractivity contribution is 6.33. The van der Waals surface area contributed by atoms with Crippen LogP contribution in [0.25, 0.3) is 0 Å². The molecule has 5 nitrogen and oxygen atoms in total. The number of halogens is 1. The summed E-state index contributed by atoms with van der Waals surface area (Å²) >= 11 is 5.89. The number of benzene rings is 1. The van der Waals surface area contributed by atoms with Gasteiger partial charge in [0.1, 0.15) is 0 Å². The first-order valence-corrected chi connectivity index (χ1v) is 4.83. The van der Waals surface area contributed by atoms with Crippen molar-refractivity contribution < 1.29 is 4.79 Å². The molecule has 0 atom stereocenters. The Kier molecular flexibility index (Phi) is 4.02. The Labute approximate surface area is 98.0 Å². The van der Waals surface area contributed by atoms with Crippen LogP contribution in [0.2, 0.25) is 5.02 Å². The first kappa shape index (κ1) is 12.2. The van der Waals surface area contributed by atoms with E-state index in [0.29, 0.717) is 10.6 Å². The number of amides is 1. The summed E-state index contributed by atoms with van der Waals surface area (Å²) in [6, 6.07) is 7.02. The minimum Gasteiger partial charge on any atom is -0.368 e. The molecular formula is C10H11ClN4O. The molecule has 1 rings (SSSR count). The van der Waals surface area contributed by atoms with Gasteiger partial charge < -0.3 is 5.73 Å². The zero-order valence-electron chi connectivity index (χ0n) is 8.64. The van der Waals surface area contributed by atoms with Crippen LogP contribution in [0.5, 0.6) is 0 Å². The highest BCUT2D eigenvalue weighted by Gasteiger charge is 2.09. The number of rotatable bonds is 2. The van der Waals surface area contributed by atoms with Gasteiger partial charge in [-0.1, -0.05) is 29.8 Å². The normalized spacial score (nSPS) is 10.4. The lowest BCUT2D eigenvalue weighted by molar-refractivity contribution is -0.125. The van der Waals surface area contributed by atoms with E-state index in [1.807, 2.05) is 0 Å². The molecule has 84 valence electrons. The molecule has 16 heavy (non-hydrogen) atoms. The van der Waals surface area contributed by atoms with Crippen molar-refractivity contribution in [2.24, 2.45) is 10.8 Å². The number of carbonyl (C=O) groups excluding carboxylic acids is 1. The first-order valence-electron chi connectivity index (χ1n) is 4.45. The molecule has 0 radical (unpaired) electrons. The second-order valence-electron chi connectivity index (χ2n) is 2.98. The average molecular weight is 239 g/mol. The predicted molar refractivity (Wildman–Crippen MR) is 63.5 cm³/mol. The Morgan fingerprint density at radius 1 is 1.56 bits per heavy atom. The lowest BCUT2D eigenvalue weighted by atomic mass is 10.2. The van der Waals surface area contributed by atoms with Gasteiger partial charge in [-0.25, -0.2) is 0 Å². The molecule has 6 heteroatoms. The monoisotopic (exact) mass is 238 g/mol. The van der Waals surface area contributed by atoms with Crippen LogP contribution in [0.4, 0.5) is 0 Å². The van der Waals surface area contributed by atoms with Gasteiger partial charge in [0.05, 0.1) is 6.21 Å². The van der Waals surface area contributed by atoms with Gasteiger partial charge in [-0.2, -0.15) is 10.1 Å². The Balaban J connectivity index is 2.91. The van der Waals surface area contributed by atoms with Crippen molar-refractivity contribution in [2.45, 2.75) is 6.92 Å². The molecule has 0 heterocycles. The molecule has 0 saturated heterocycles. The zero-order chi connectivity index (χ0) is 12.1. The van der Waals surface area contributed by atoms with Gasteiger partial charge in [0, 0.05) is 17.5 Å². The molecule has 0 aliphatic heterocycles. The van der Waals surface area contributed by atoms with Crippen LogP contribution in [-0.4, -0.2) is 23.1 Å². The molecule has 0 aromatic heterocycles. The van der Waals surface area contributed by atoms with E-state index in [0.717, 1.165) is 5.01 Å². The number of hydrogen-bond donors (Lipinski definition) is 2. The third-order valence-electron chi connectivity index (χ3n) is 1.74. The van der Waals surface area contributed by atoms with Crippen molar-refractivity contribution in [3.63, 3.8) is 0 Å². The lowest BCUT2D eigenvalue weighted by Gasteiger charge is -2.11. The van der Waals surface area contributed by atoms with E-state index in [1.54, 1.807) is 24.3 Å². The van der Waals surface area contributed by atoms with Crippen LogP contribution in [-0.2, 0) is 4.79 Å². The summed E-state index contributed by atoms with van der Waals surface area (Å²) in [5.74, 6) is -0.869. The number of carbonyl (C=O) groups is 1. The Morgan fingerprint density at radius 3 is 2.69 bits per heavy atom. The predicted octanol–water partition coefficient (Wildman–Crippen LogP) is 1.42. The number of nitrogens with two attached hydrogens (primary N) is 1. The van der Waals surface area contributed by atoms with Crippen molar-refractivity contribution >= 4 is 29.7 Å². The fourth-order valence-corrected chi connectivity index (χ4v) is 1.20. The highest BCUT2D eigenvalue weighted by Crippen LogP contribution is 2.12. The van der Waals surface area contributed by atoms with Gasteiger partial charge in [-0.15, -0.1) is 0 Å². The van der Waals surface area contributed by atoms with Gasteiger partial charge in [-0.3, -0.25) is 10.2 Å². The van der Waals surface area contributed by atoms with Crippen LogP contribution in [0.3, 0.4) is 0 Å². The van der Waals surface area contributed by atoms with Crippen molar-refractivity contribution in [3.8, 4) is 0 Å². The zero-order valence-corrected chi connectivity index (χ0v) is 9.40. The smallest absolute Gasteiger partial charge is 0.246 e. The van der Waals surface area contributed by atoms with Crippen LogP contribution in [0, 0.1) is 5.41 Å². The maximum absolute atomic E-state index is 11.0. The summed E-state index contributed by atoms with van der Waals surface area (Å²) in [4.78, 5) is 11.0. The maximum Gasteiger partial charge on any atom is 0.246 e. The molecule has 0 unspecified atom stereocenters. The van der Waals surface area contributed by atoms with Crippen molar-refractivity contribution in [2.75, 3.05) is 0 Å². The fraction of sp³-hybridized carbons (Fsp3) is 0.100. The Morgan fingerprint density at radius 2 is 2.19 bits per heavy atom. The van der Waals surface area contributed by atoms with Crippen LogP contribution in [0.1, 0.15) is 12.5 Å². The summed E-state index contributed by atoms with van der Waals surface area (Å²) in [6.45, 7) is 1.27. The van der Waals surface area contributed by atoms with E-state index < -0.39 is 11.9 Å². The minimum absolute atomic E-state index is 0.434. The number of hydrazone groups is 1. The topological polar surface area (TPSA) is 82.5 Å². The quantitative estimate of drug-likeness (QED) is 0.464. The van der Waals surface area contributed by atoms with E-state index >= 15 is 0 Å². The Bertz CT molecular complexity index is 430. The molecule has 1 amide bonds. The van der Waals surface area contributed by atoms with E-state index in [-0.39, 0.29) is 0 Å². The Hall–Kier alpha value is -1.88. The first-order chi connectivity index (χ1) is 7.52. The van der Waals surface area contributed by atoms with E-state index in [1.165, 1.54) is 13.1 Å². The number of guanidine groups is 1. The van der Waals surface area contributed by atoms with Crippen molar-refractivity contribution in [1.29, 1.82) is 5.41 Å². The molecule has 3 N–H and O–H groups in total. The van der Waals surface area contributed by atoms with Gasteiger partial charge in [0.2, 0.25) is 11.9 Å². The third kappa shape index (κ3) is 3.06. The number of nitrogens with zero attached hydrogens (tertiary/aromatic N) is 2. The standard InChI is InChI=1S/C10H11ClN4O/c1-7(16)15(10(12)13)14-6-8-4-2-3-5-9(8)11/h2-6H,1H3,(H3,12,13). The SMILES string of the molecule is CC(=O)N(N=Cc1ccccc1Cl)C(=N)N. The van der Waals surface area contributed by atoms with Gasteiger partial charge in [0.25, 0.3) is 0 Å². The third-order valence-corrected chi connectivity index (χ3v) is 2.09. The van der Waals surface area contributed by atoms with Crippen LogP contribution < -0.4 is 5.73 Å². The molecule has 1 aromatic carbocycles. The highest BCUT2D eigenvalue weighted by atomic mass is 35.5. The molecule has 0 spiro atoms. The molecule has 0 saturated carbocycles. The molecule has 0 aliphatic carbocycles. The van der Waals surface area contributed by atoms with Crippen molar-refractivity contribution in [3.05, 3.63) is 34.9 Å². The summed E-state index contributed by atoms with van der Waals surface area (Å²) in [5, 5.41) is 12.2. The van der Waals surface area contributed by atoms with Crippen LogP contribution in [0.15, 0.2) is 29.4 Å². The lowest BCUT2D eigenvalue weighted by Crippen LogP contribution is -2.35. The molecule has 0 bridgehead atoms. The summed E-state index contributed by atoms with van der Waals surface area (Å²) in [6.07, 6.45) is 1.38. The van der Waals surface area contributed by atoms with E-state index in [9.17, 15) is 4.79 Å².